The first kappa shape index (κ1) is 13.7. The summed E-state index contributed by atoms with van der Waals surface area (Å²) in [6.07, 6.45) is 2.06. The molecule has 0 saturated carbocycles. The maximum absolute atomic E-state index is 11.0. The SMILES string of the molecule is CSCC(C)CNc1cc(N)ccc1C(=O)O. The van der Waals surface area contributed by atoms with Crippen LogP contribution in [0.25, 0.3) is 0 Å². The van der Waals surface area contributed by atoms with Crippen molar-refractivity contribution in [2.75, 3.05) is 29.6 Å². The molecule has 0 aliphatic carbocycles. The molecule has 0 aliphatic heterocycles. The molecule has 17 heavy (non-hydrogen) atoms. The highest BCUT2D eigenvalue weighted by molar-refractivity contribution is 7.98. The zero-order valence-electron chi connectivity index (χ0n) is 10.1. The van der Waals surface area contributed by atoms with Crippen LogP contribution in [0.3, 0.4) is 0 Å². The Bertz CT molecular complexity index is 396. The second-order valence-corrected chi connectivity index (χ2v) is 4.96. The van der Waals surface area contributed by atoms with Gasteiger partial charge in [0, 0.05) is 12.2 Å². The van der Waals surface area contributed by atoms with Crippen molar-refractivity contribution < 1.29 is 9.90 Å². The molecule has 4 nitrogen and oxygen atoms in total. The number of nitrogen functional groups attached to an aromatic ring is 1. The Morgan fingerprint density at radius 2 is 2.29 bits per heavy atom. The minimum absolute atomic E-state index is 0.260. The van der Waals surface area contributed by atoms with Crippen LogP contribution in [0, 0.1) is 5.92 Å². The van der Waals surface area contributed by atoms with Gasteiger partial charge in [0.15, 0.2) is 0 Å². The summed E-state index contributed by atoms with van der Waals surface area (Å²) in [7, 11) is 0. The monoisotopic (exact) mass is 254 g/mol. The van der Waals surface area contributed by atoms with Gasteiger partial charge in [-0.1, -0.05) is 6.92 Å². The molecule has 0 heterocycles. The Morgan fingerprint density at radius 3 is 2.88 bits per heavy atom. The van der Waals surface area contributed by atoms with E-state index in [1.807, 2.05) is 0 Å². The molecule has 0 aliphatic rings. The van der Waals surface area contributed by atoms with E-state index in [2.05, 4.69) is 18.5 Å². The third-order valence-corrected chi connectivity index (χ3v) is 3.27. The molecule has 0 fully saturated rings. The average Bonchev–Trinajstić information content (AvgIpc) is 2.26. The smallest absolute Gasteiger partial charge is 0.337 e. The number of carbonyl (C=O) groups is 1. The molecule has 4 N–H and O–H groups in total. The highest BCUT2D eigenvalue weighted by Gasteiger charge is 2.10. The number of hydrogen-bond acceptors (Lipinski definition) is 4. The summed E-state index contributed by atoms with van der Waals surface area (Å²) >= 11 is 1.78. The fourth-order valence-electron chi connectivity index (χ4n) is 1.52. The lowest BCUT2D eigenvalue weighted by atomic mass is 10.1. The molecule has 1 unspecified atom stereocenters. The predicted octanol–water partition coefficient (Wildman–Crippen LogP) is 2.38. The molecular weight excluding hydrogens is 236 g/mol. The number of carboxylic acid groups (broad SMARTS) is 1. The van der Waals surface area contributed by atoms with Crippen LogP contribution < -0.4 is 11.1 Å². The third-order valence-electron chi connectivity index (χ3n) is 2.37. The van der Waals surface area contributed by atoms with Gasteiger partial charge in [-0.05, 0) is 36.1 Å². The lowest BCUT2D eigenvalue weighted by Gasteiger charge is -2.14. The first-order valence-electron chi connectivity index (χ1n) is 5.40. The number of carboxylic acids is 1. The number of benzene rings is 1. The lowest BCUT2D eigenvalue weighted by molar-refractivity contribution is 0.0698. The highest BCUT2D eigenvalue weighted by Crippen LogP contribution is 2.20. The summed E-state index contributed by atoms with van der Waals surface area (Å²) in [6, 6.07) is 4.79. The molecule has 5 heteroatoms. The van der Waals surface area contributed by atoms with E-state index in [-0.39, 0.29) is 5.56 Å². The Kier molecular flexibility index (Phi) is 5.15. The lowest BCUT2D eigenvalue weighted by Crippen LogP contribution is -2.15. The Balaban J connectivity index is 2.75. The van der Waals surface area contributed by atoms with Gasteiger partial charge in [0.2, 0.25) is 0 Å². The van der Waals surface area contributed by atoms with Crippen molar-refractivity contribution in [1.29, 1.82) is 0 Å². The Hall–Kier alpha value is -1.36. The molecule has 0 spiro atoms. The van der Waals surface area contributed by atoms with Crippen molar-refractivity contribution >= 4 is 29.1 Å². The molecular formula is C12H18N2O2S. The molecule has 0 saturated heterocycles. The maximum Gasteiger partial charge on any atom is 0.337 e. The number of aromatic carboxylic acids is 1. The maximum atomic E-state index is 11.0. The minimum atomic E-state index is -0.940. The Morgan fingerprint density at radius 1 is 1.59 bits per heavy atom. The molecule has 0 aromatic heterocycles. The molecule has 1 aromatic carbocycles. The van der Waals surface area contributed by atoms with E-state index < -0.39 is 5.97 Å². The fourth-order valence-corrected chi connectivity index (χ4v) is 2.21. The average molecular weight is 254 g/mol. The van der Waals surface area contributed by atoms with Gasteiger partial charge in [-0.25, -0.2) is 4.79 Å². The second-order valence-electron chi connectivity index (χ2n) is 4.05. The van der Waals surface area contributed by atoms with E-state index in [1.54, 1.807) is 23.9 Å². The van der Waals surface area contributed by atoms with Gasteiger partial charge >= 0.3 is 5.97 Å². The number of anilines is 2. The van der Waals surface area contributed by atoms with Crippen LogP contribution in [0.1, 0.15) is 17.3 Å². The first-order chi connectivity index (χ1) is 8.04. The summed E-state index contributed by atoms with van der Waals surface area (Å²) in [4.78, 5) is 11.0. The topological polar surface area (TPSA) is 75.3 Å². The van der Waals surface area contributed by atoms with E-state index in [0.717, 1.165) is 12.3 Å². The van der Waals surface area contributed by atoms with Gasteiger partial charge < -0.3 is 16.2 Å². The minimum Gasteiger partial charge on any atom is -0.478 e. The molecule has 0 amide bonds. The van der Waals surface area contributed by atoms with Crippen LogP contribution in [0.4, 0.5) is 11.4 Å². The van der Waals surface area contributed by atoms with Crippen LogP contribution >= 0.6 is 11.8 Å². The summed E-state index contributed by atoms with van der Waals surface area (Å²) in [5.41, 5.74) is 7.07. The molecule has 0 radical (unpaired) electrons. The predicted molar refractivity (Wildman–Crippen MR) is 73.8 cm³/mol. The number of rotatable bonds is 6. The van der Waals surface area contributed by atoms with Gasteiger partial charge in [0.05, 0.1) is 11.3 Å². The van der Waals surface area contributed by atoms with E-state index >= 15 is 0 Å². The number of nitrogens with two attached hydrogens (primary N) is 1. The van der Waals surface area contributed by atoms with Gasteiger partial charge in [-0.15, -0.1) is 0 Å². The molecule has 1 aromatic rings. The van der Waals surface area contributed by atoms with Crippen LogP contribution in [0.5, 0.6) is 0 Å². The van der Waals surface area contributed by atoms with Crippen LogP contribution in [-0.4, -0.2) is 29.6 Å². The van der Waals surface area contributed by atoms with Crippen LogP contribution in [-0.2, 0) is 0 Å². The van der Waals surface area contributed by atoms with Gasteiger partial charge in [-0.2, -0.15) is 11.8 Å². The number of thioether (sulfide) groups is 1. The van der Waals surface area contributed by atoms with Gasteiger partial charge in [0.1, 0.15) is 0 Å². The zero-order valence-corrected chi connectivity index (χ0v) is 10.9. The zero-order chi connectivity index (χ0) is 12.8. The summed E-state index contributed by atoms with van der Waals surface area (Å²) < 4.78 is 0. The highest BCUT2D eigenvalue weighted by atomic mass is 32.2. The quantitative estimate of drug-likeness (QED) is 0.680. The van der Waals surface area contributed by atoms with Crippen LogP contribution in [0.15, 0.2) is 18.2 Å². The van der Waals surface area contributed by atoms with Gasteiger partial charge in [0.25, 0.3) is 0 Å². The summed E-state index contributed by atoms with van der Waals surface area (Å²) in [5, 5.41) is 12.2. The van der Waals surface area contributed by atoms with E-state index in [4.69, 9.17) is 10.8 Å². The van der Waals surface area contributed by atoms with Crippen molar-refractivity contribution in [3.8, 4) is 0 Å². The fraction of sp³-hybridized carbons (Fsp3) is 0.417. The van der Waals surface area contributed by atoms with Crippen molar-refractivity contribution in [2.24, 2.45) is 5.92 Å². The standard InChI is InChI=1S/C12H18N2O2S/c1-8(7-17-2)6-14-11-5-9(13)3-4-10(11)12(15)16/h3-5,8,14H,6-7,13H2,1-2H3,(H,15,16). The van der Waals surface area contributed by atoms with E-state index in [0.29, 0.717) is 17.3 Å². The number of nitrogens with one attached hydrogen (secondary N) is 1. The molecule has 1 rings (SSSR count). The van der Waals surface area contributed by atoms with Crippen LogP contribution in [0.2, 0.25) is 0 Å². The number of hydrogen-bond donors (Lipinski definition) is 3. The van der Waals surface area contributed by atoms with Crippen molar-refractivity contribution in [1.82, 2.24) is 0 Å². The Labute approximate surface area is 106 Å². The molecule has 1 atom stereocenters. The van der Waals surface area contributed by atoms with E-state index in [1.165, 1.54) is 6.07 Å². The van der Waals surface area contributed by atoms with Crippen molar-refractivity contribution in [3.05, 3.63) is 23.8 Å². The molecule has 0 bridgehead atoms. The van der Waals surface area contributed by atoms with E-state index in [9.17, 15) is 4.79 Å². The van der Waals surface area contributed by atoms with Gasteiger partial charge in [-0.3, -0.25) is 0 Å². The first-order valence-corrected chi connectivity index (χ1v) is 6.79. The third kappa shape index (κ3) is 4.19. The van der Waals surface area contributed by atoms with Crippen molar-refractivity contribution in [3.63, 3.8) is 0 Å². The second kappa shape index (κ2) is 6.39. The summed E-state index contributed by atoms with van der Waals surface area (Å²) in [6.45, 7) is 2.86. The van der Waals surface area contributed by atoms with Crippen molar-refractivity contribution in [2.45, 2.75) is 6.92 Å². The molecule has 94 valence electrons. The summed E-state index contributed by atoms with van der Waals surface area (Å²) in [5.74, 6) is 0.579. The normalized spacial score (nSPS) is 12.1. The largest absolute Gasteiger partial charge is 0.478 e.